The highest BCUT2D eigenvalue weighted by atomic mass is 16.3. The molecule has 0 aliphatic rings. The minimum absolute atomic E-state index is 0.240. The number of nitrogens with one attached hydrogen (secondary N) is 1. The lowest BCUT2D eigenvalue weighted by Crippen LogP contribution is -2.08. The van der Waals surface area contributed by atoms with Gasteiger partial charge in [0.1, 0.15) is 5.76 Å². The summed E-state index contributed by atoms with van der Waals surface area (Å²) in [5.41, 5.74) is 2.55. The number of hydrogen-bond acceptors (Lipinski definition) is 2. The zero-order valence-corrected chi connectivity index (χ0v) is 12.0. The Bertz CT molecular complexity index is 472. The molecule has 2 rings (SSSR count). The predicted octanol–water partition coefficient (Wildman–Crippen LogP) is 5.36. The van der Waals surface area contributed by atoms with Gasteiger partial charge in [-0.2, -0.15) is 0 Å². The third-order valence-electron chi connectivity index (χ3n) is 3.73. The lowest BCUT2D eigenvalue weighted by Gasteiger charge is -2.17. The first kappa shape index (κ1) is 13.7. The third-order valence-corrected chi connectivity index (χ3v) is 3.73. The van der Waals surface area contributed by atoms with Crippen LogP contribution in [0.5, 0.6) is 0 Å². The Kier molecular flexibility index (Phi) is 4.67. The molecule has 102 valence electrons. The number of rotatable bonds is 6. The quantitative estimate of drug-likeness (QED) is 0.754. The molecule has 19 heavy (non-hydrogen) atoms. The standard InChI is InChI=1S/C17H23NO/c1-4-13(3)14-8-10-15(11-9-14)18-16(5-2)17-7-6-12-19-17/h6-13,16,18H,4-5H2,1-3H3. The highest BCUT2D eigenvalue weighted by molar-refractivity contribution is 5.46. The predicted molar refractivity (Wildman–Crippen MR) is 80.5 cm³/mol. The highest BCUT2D eigenvalue weighted by Gasteiger charge is 2.11. The molecule has 2 nitrogen and oxygen atoms in total. The topological polar surface area (TPSA) is 25.2 Å². The van der Waals surface area contributed by atoms with Gasteiger partial charge < -0.3 is 9.73 Å². The van der Waals surface area contributed by atoms with Gasteiger partial charge >= 0.3 is 0 Å². The van der Waals surface area contributed by atoms with Crippen LogP contribution < -0.4 is 5.32 Å². The van der Waals surface area contributed by atoms with Crippen molar-refractivity contribution in [3.8, 4) is 0 Å². The van der Waals surface area contributed by atoms with Crippen molar-refractivity contribution in [1.29, 1.82) is 0 Å². The largest absolute Gasteiger partial charge is 0.467 e. The van der Waals surface area contributed by atoms with E-state index in [1.165, 1.54) is 12.0 Å². The van der Waals surface area contributed by atoms with Crippen LogP contribution in [0, 0.1) is 0 Å². The smallest absolute Gasteiger partial charge is 0.125 e. The normalized spacial score (nSPS) is 14.1. The first-order valence-corrected chi connectivity index (χ1v) is 7.14. The Morgan fingerprint density at radius 1 is 1.05 bits per heavy atom. The second-order valence-electron chi connectivity index (χ2n) is 5.05. The molecular formula is C17H23NO. The van der Waals surface area contributed by atoms with Crippen LogP contribution in [-0.4, -0.2) is 0 Å². The van der Waals surface area contributed by atoms with Gasteiger partial charge in [0.2, 0.25) is 0 Å². The fourth-order valence-electron chi connectivity index (χ4n) is 2.21. The van der Waals surface area contributed by atoms with Crippen molar-refractivity contribution in [1.82, 2.24) is 0 Å². The van der Waals surface area contributed by atoms with E-state index < -0.39 is 0 Å². The molecule has 2 aromatic rings. The van der Waals surface area contributed by atoms with E-state index in [0.29, 0.717) is 5.92 Å². The Morgan fingerprint density at radius 3 is 2.32 bits per heavy atom. The highest BCUT2D eigenvalue weighted by Crippen LogP contribution is 2.25. The van der Waals surface area contributed by atoms with Gasteiger partial charge in [0.15, 0.2) is 0 Å². The van der Waals surface area contributed by atoms with Gasteiger partial charge in [-0.1, -0.05) is 32.9 Å². The molecule has 1 aromatic carbocycles. The van der Waals surface area contributed by atoms with E-state index in [2.05, 4.69) is 50.4 Å². The van der Waals surface area contributed by atoms with E-state index in [-0.39, 0.29) is 6.04 Å². The third kappa shape index (κ3) is 3.40. The summed E-state index contributed by atoms with van der Waals surface area (Å²) in [5, 5.41) is 3.52. The van der Waals surface area contributed by atoms with Crippen LogP contribution in [0.3, 0.4) is 0 Å². The Hall–Kier alpha value is -1.70. The van der Waals surface area contributed by atoms with Crippen molar-refractivity contribution in [2.45, 2.75) is 45.6 Å². The first-order chi connectivity index (χ1) is 9.24. The lowest BCUT2D eigenvalue weighted by molar-refractivity contribution is 0.474. The molecule has 1 aromatic heterocycles. The Labute approximate surface area is 115 Å². The van der Waals surface area contributed by atoms with Crippen LogP contribution in [0.15, 0.2) is 47.1 Å². The Balaban J connectivity index is 2.06. The van der Waals surface area contributed by atoms with Gasteiger partial charge in [-0.25, -0.2) is 0 Å². The summed E-state index contributed by atoms with van der Waals surface area (Å²) in [6.07, 6.45) is 3.91. The van der Waals surface area contributed by atoms with Crippen molar-refractivity contribution in [3.63, 3.8) is 0 Å². The molecule has 0 aliphatic heterocycles. The van der Waals surface area contributed by atoms with Crippen LogP contribution >= 0.6 is 0 Å². The van der Waals surface area contributed by atoms with Crippen molar-refractivity contribution in [2.24, 2.45) is 0 Å². The van der Waals surface area contributed by atoms with Crippen molar-refractivity contribution < 1.29 is 4.42 Å². The molecule has 1 N–H and O–H groups in total. The summed E-state index contributed by atoms with van der Waals surface area (Å²) >= 11 is 0. The maximum Gasteiger partial charge on any atom is 0.125 e. The molecule has 0 spiro atoms. The maximum absolute atomic E-state index is 5.48. The molecule has 0 saturated carbocycles. The molecule has 1 heterocycles. The number of furan rings is 1. The molecule has 0 amide bonds. The fraction of sp³-hybridized carbons (Fsp3) is 0.412. The fourth-order valence-corrected chi connectivity index (χ4v) is 2.21. The first-order valence-electron chi connectivity index (χ1n) is 7.14. The van der Waals surface area contributed by atoms with E-state index in [4.69, 9.17) is 4.42 Å². The number of anilines is 1. The average Bonchev–Trinajstić information content (AvgIpc) is 2.98. The zero-order chi connectivity index (χ0) is 13.7. The maximum atomic E-state index is 5.48. The van der Waals surface area contributed by atoms with E-state index in [1.54, 1.807) is 6.26 Å². The van der Waals surface area contributed by atoms with Crippen LogP contribution in [-0.2, 0) is 0 Å². The summed E-state index contributed by atoms with van der Waals surface area (Å²) < 4.78 is 5.48. The molecule has 0 radical (unpaired) electrons. The second kappa shape index (κ2) is 6.46. The molecule has 0 fully saturated rings. The molecule has 2 atom stereocenters. The molecule has 0 bridgehead atoms. The zero-order valence-electron chi connectivity index (χ0n) is 12.0. The van der Waals surface area contributed by atoms with Gasteiger partial charge in [0.25, 0.3) is 0 Å². The lowest BCUT2D eigenvalue weighted by atomic mass is 9.98. The van der Waals surface area contributed by atoms with Crippen LogP contribution in [0.2, 0.25) is 0 Å². The van der Waals surface area contributed by atoms with E-state index in [1.807, 2.05) is 12.1 Å². The van der Waals surface area contributed by atoms with Crippen LogP contribution in [0.1, 0.15) is 56.9 Å². The van der Waals surface area contributed by atoms with Gasteiger partial charge in [-0.3, -0.25) is 0 Å². The van der Waals surface area contributed by atoms with Gasteiger partial charge in [-0.15, -0.1) is 0 Å². The molecule has 0 aliphatic carbocycles. The minimum atomic E-state index is 0.240. The van der Waals surface area contributed by atoms with E-state index in [9.17, 15) is 0 Å². The van der Waals surface area contributed by atoms with Gasteiger partial charge in [-0.05, 0) is 48.6 Å². The Morgan fingerprint density at radius 2 is 1.79 bits per heavy atom. The summed E-state index contributed by atoms with van der Waals surface area (Å²) in [7, 11) is 0. The van der Waals surface area contributed by atoms with E-state index in [0.717, 1.165) is 17.9 Å². The molecular weight excluding hydrogens is 234 g/mol. The van der Waals surface area contributed by atoms with Crippen LogP contribution in [0.25, 0.3) is 0 Å². The van der Waals surface area contributed by atoms with Crippen LogP contribution in [0.4, 0.5) is 5.69 Å². The van der Waals surface area contributed by atoms with Crippen molar-refractivity contribution >= 4 is 5.69 Å². The van der Waals surface area contributed by atoms with E-state index >= 15 is 0 Å². The van der Waals surface area contributed by atoms with Crippen molar-refractivity contribution in [3.05, 3.63) is 54.0 Å². The number of hydrogen-bond donors (Lipinski definition) is 1. The summed E-state index contributed by atoms with van der Waals surface area (Å²) in [6, 6.07) is 12.9. The average molecular weight is 257 g/mol. The summed E-state index contributed by atoms with van der Waals surface area (Å²) in [6.45, 7) is 6.65. The van der Waals surface area contributed by atoms with Crippen molar-refractivity contribution in [2.75, 3.05) is 5.32 Å². The van der Waals surface area contributed by atoms with Gasteiger partial charge in [0.05, 0.1) is 12.3 Å². The SMILES string of the molecule is CCC(C)c1ccc(NC(CC)c2ccco2)cc1. The minimum Gasteiger partial charge on any atom is -0.467 e. The molecule has 2 unspecified atom stereocenters. The summed E-state index contributed by atoms with van der Waals surface area (Å²) in [5.74, 6) is 1.62. The van der Waals surface area contributed by atoms with Gasteiger partial charge in [0, 0.05) is 5.69 Å². The monoisotopic (exact) mass is 257 g/mol. The molecule has 0 saturated heterocycles. The number of benzene rings is 1. The molecule has 2 heteroatoms. The second-order valence-corrected chi connectivity index (χ2v) is 5.05. The summed E-state index contributed by atoms with van der Waals surface area (Å²) in [4.78, 5) is 0.